The Hall–Kier alpha value is -1.11. The van der Waals surface area contributed by atoms with E-state index in [2.05, 4.69) is 5.32 Å². The molecule has 1 fully saturated rings. The Kier molecular flexibility index (Phi) is 4.44. The lowest BCUT2D eigenvalue weighted by Crippen LogP contribution is -2.43. The topological polar surface area (TPSA) is 69.6 Å². The summed E-state index contributed by atoms with van der Waals surface area (Å²) in [6.07, 6.45) is 0.945. The van der Waals surface area contributed by atoms with Gasteiger partial charge in [0.15, 0.2) is 0 Å². The van der Waals surface area contributed by atoms with Crippen LogP contribution in [0.15, 0.2) is 30.3 Å². The van der Waals surface area contributed by atoms with E-state index in [-0.39, 0.29) is 11.8 Å². The molecule has 106 valence electrons. The van der Waals surface area contributed by atoms with E-state index in [0.29, 0.717) is 5.69 Å². The fourth-order valence-corrected chi connectivity index (χ4v) is 3.61. The SMILES string of the molecule is CN(c1ccccc1)S(=O)(=O)C[C@@H](O)[C@@H]1CCCN1. The first-order chi connectivity index (χ1) is 9.00. The molecule has 1 aromatic rings. The van der Waals surface area contributed by atoms with Crippen molar-refractivity contribution in [1.29, 1.82) is 0 Å². The molecule has 1 heterocycles. The van der Waals surface area contributed by atoms with Crippen LogP contribution in [-0.2, 0) is 10.0 Å². The third-order valence-electron chi connectivity index (χ3n) is 3.48. The summed E-state index contributed by atoms with van der Waals surface area (Å²) in [5.41, 5.74) is 0.606. The summed E-state index contributed by atoms with van der Waals surface area (Å²) in [7, 11) is -1.99. The third kappa shape index (κ3) is 3.46. The van der Waals surface area contributed by atoms with Crippen LogP contribution in [0.5, 0.6) is 0 Å². The van der Waals surface area contributed by atoms with E-state index in [4.69, 9.17) is 0 Å². The van der Waals surface area contributed by atoms with Gasteiger partial charge in [0.2, 0.25) is 10.0 Å². The van der Waals surface area contributed by atoms with E-state index in [1.807, 2.05) is 6.07 Å². The summed E-state index contributed by atoms with van der Waals surface area (Å²) < 4.78 is 25.7. The van der Waals surface area contributed by atoms with Crippen molar-refractivity contribution >= 4 is 15.7 Å². The number of aliphatic hydroxyl groups is 1. The number of hydrogen-bond donors (Lipinski definition) is 2. The molecule has 0 bridgehead atoms. The Balaban J connectivity index is 2.05. The van der Waals surface area contributed by atoms with Crippen molar-refractivity contribution in [2.45, 2.75) is 25.0 Å². The van der Waals surface area contributed by atoms with Crippen molar-refractivity contribution in [3.63, 3.8) is 0 Å². The molecule has 1 aliphatic rings. The van der Waals surface area contributed by atoms with Gasteiger partial charge >= 0.3 is 0 Å². The first-order valence-electron chi connectivity index (χ1n) is 6.44. The molecule has 0 amide bonds. The monoisotopic (exact) mass is 284 g/mol. The molecular weight excluding hydrogens is 264 g/mol. The van der Waals surface area contributed by atoms with Gasteiger partial charge in [0.25, 0.3) is 0 Å². The van der Waals surface area contributed by atoms with Crippen molar-refractivity contribution < 1.29 is 13.5 Å². The van der Waals surface area contributed by atoms with Gasteiger partial charge in [-0.3, -0.25) is 4.31 Å². The molecule has 6 heteroatoms. The van der Waals surface area contributed by atoms with Crippen LogP contribution >= 0.6 is 0 Å². The molecule has 0 unspecified atom stereocenters. The molecule has 1 aliphatic heterocycles. The van der Waals surface area contributed by atoms with Gasteiger partial charge in [-0.05, 0) is 31.5 Å². The molecule has 0 spiro atoms. The highest BCUT2D eigenvalue weighted by Gasteiger charge is 2.29. The number of sulfonamides is 1. The maximum Gasteiger partial charge on any atom is 0.237 e. The number of nitrogens with zero attached hydrogens (tertiary/aromatic N) is 1. The molecule has 2 N–H and O–H groups in total. The maximum atomic E-state index is 12.2. The Morgan fingerprint density at radius 1 is 1.42 bits per heavy atom. The lowest BCUT2D eigenvalue weighted by Gasteiger charge is -2.23. The van der Waals surface area contributed by atoms with Crippen LogP contribution in [0.4, 0.5) is 5.69 Å². The van der Waals surface area contributed by atoms with Crippen molar-refractivity contribution in [2.75, 3.05) is 23.7 Å². The van der Waals surface area contributed by atoms with Crippen LogP contribution in [0.1, 0.15) is 12.8 Å². The average molecular weight is 284 g/mol. The zero-order valence-corrected chi connectivity index (χ0v) is 11.8. The number of rotatable bonds is 5. The highest BCUT2D eigenvalue weighted by molar-refractivity contribution is 7.92. The highest BCUT2D eigenvalue weighted by Crippen LogP contribution is 2.18. The minimum Gasteiger partial charge on any atom is -0.390 e. The first kappa shape index (κ1) is 14.3. The summed E-state index contributed by atoms with van der Waals surface area (Å²) in [6.45, 7) is 0.844. The van der Waals surface area contributed by atoms with Gasteiger partial charge in [0.1, 0.15) is 0 Å². The second kappa shape index (κ2) is 5.90. The van der Waals surface area contributed by atoms with Crippen LogP contribution in [-0.4, -0.2) is 45.0 Å². The van der Waals surface area contributed by atoms with E-state index < -0.39 is 16.1 Å². The minimum absolute atomic E-state index is 0.112. The van der Waals surface area contributed by atoms with Crippen LogP contribution in [0.3, 0.4) is 0 Å². The quantitative estimate of drug-likeness (QED) is 0.829. The van der Waals surface area contributed by atoms with E-state index in [1.54, 1.807) is 24.3 Å². The molecule has 1 saturated heterocycles. The van der Waals surface area contributed by atoms with Crippen molar-refractivity contribution in [3.8, 4) is 0 Å². The van der Waals surface area contributed by atoms with Crippen LogP contribution < -0.4 is 9.62 Å². The van der Waals surface area contributed by atoms with Crippen molar-refractivity contribution in [3.05, 3.63) is 30.3 Å². The maximum absolute atomic E-state index is 12.2. The molecule has 2 rings (SSSR count). The van der Waals surface area contributed by atoms with Crippen LogP contribution in [0.25, 0.3) is 0 Å². The number of hydrogen-bond acceptors (Lipinski definition) is 4. The number of nitrogens with one attached hydrogen (secondary N) is 1. The summed E-state index contributed by atoms with van der Waals surface area (Å²) >= 11 is 0. The van der Waals surface area contributed by atoms with Crippen LogP contribution in [0.2, 0.25) is 0 Å². The summed E-state index contributed by atoms with van der Waals surface area (Å²) in [5, 5.41) is 13.1. The van der Waals surface area contributed by atoms with Crippen molar-refractivity contribution in [2.24, 2.45) is 0 Å². The van der Waals surface area contributed by atoms with E-state index >= 15 is 0 Å². The standard InChI is InChI=1S/C13H20N2O3S/c1-15(11-6-3-2-4-7-11)19(17,18)10-13(16)12-8-5-9-14-12/h2-4,6-7,12-14,16H,5,8-10H2,1H3/t12-,13+/m0/s1. The molecule has 0 aromatic heterocycles. The van der Waals surface area contributed by atoms with Gasteiger partial charge in [-0.25, -0.2) is 8.42 Å². The zero-order chi connectivity index (χ0) is 13.9. The normalized spacial score (nSPS) is 21.3. The van der Waals surface area contributed by atoms with Crippen molar-refractivity contribution in [1.82, 2.24) is 5.32 Å². The first-order valence-corrected chi connectivity index (χ1v) is 8.05. The van der Waals surface area contributed by atoms with Gasteiger partial charge in [-0.2, -0.15) is 0 Å². The Morgan fingerprint density at radius 3 is 2.68 bits per heavy atom. The average Bonchev–Trinajstić information content (AvgIpc) is 2.92. The van der Waals surface area contributed by atoms with Gasteiger partial charge in [0, 0.05) is 13.1 Å². The van der Waals surface area contributed by atoms with Gasteiger partial charge in [0.05, 0.1) is 17.5 Å². The van der Waals surface area contributed by atoms with E-state index in [1.165, 1.54) is 11.4 Å². The molecule has 0 radical (unpaired) electrons. The Labute approximate surface area is 114 Å². The highest BCUT2D eigenvalue weighted by atomic mass is 32.2. The molecule has 0 saturated carbocycles. The predicted octanol–water partition coefficient (Wildman–Crippen LogP) is 0.565. The predicted molar refractivity (Wildman–Crippen MR) is 75.7 cm³/mol. The van der Waals surface area contributed by atoms with E-state index in [0.717, 1.165) is 19.4 Å². The lowest BCUT2D eigenvalue weighted by atomic mass is 10.1. The summed E-state index contributed by atoms with van der Waals surface area (Å²) in [4.78, 5) is 0. The Bertz CT molecular complexity index is 498. The number of para-hydroxylation sites is 1. The molecule has 2 atom stereocenters. The summed E-state index contributed by atoms with van der Waals surface area (Å²) in [6, 6.07) is 8.77. The zero-order valence-electron chi connectivity index (χ0n) is 11.0. The molecule has 0 aliphatic carbocycles. The molecule has 1 aromatic carbocycles. The second-order valence-electron chi connectivity index (χ2n) is 4.85. The Morgan fingerprint density at radius 2 is 2.11 bits per heavy atom. The largest absolute Gasteiger partial charge is 0.390 e. The smallest absolute Gasteiger partial charge is 0.237 e. The molecule has 5 nitrogen and oxygen atoms in total. The lowest BCUT2D eigenvalue weighted by molar-refractivity contribution is 0.157. The van der Waals surface area contributed by atoms with Gasteiger partial charge in [-0.15, -0.1) is 0 Å². The summed E-state index contributed by atoms with van der Waals surface area (Å²) in [5.74, 6) is -0.254. The molecular formula is C13H20N2O3S. The van der Waals surface area contributed by atoms with E-state index in [9.17, 15) is 13.5 Å². The second-order valence-corrected chi connectivity index (χ2v) is 6.90. The minimum atomic E-state index is -3.51. The number of benzene rings is 1. The fraction of sp³-hybridized carbons (Fsp3) is 0.538. The number of anilines is 1. The molecule has 19 heavy (non-hydrogen) atoms. The third-order valence-corrected chi connectivity index (χ3v) is 5.29. The van der Waals surface area contributed by atoms with Gasteiger partial charge in [-0.1, -0.05) is 18.2 Å². The van der Waals surface area contributed by atoms with Gasteiger partial charge < -0.3 is 10.4 Å². The number of aliphatic hydroxyl groups excluding tert-OH is 1. The van der Waals surface area contributed by atoms with Crippen LogP contribution in [0, 0.1) is 0 Å². The fourth-order valence-electron chi connectivity index (χ4n) is 2.28.